The van der Waals surface area contributed by atoms with E-state index in [0.717, 1.165) is 25.4 Å². The summed E-state index contributed by atoms with van der Waals surface area (Å²) in [5.41, 5.74) is 0. The second kappa shape index (κ2) is 21.0. The lowest BCUT2D eigenvalue weighted by Gasteiger charge is -2.21. The second-order valence-corrected chi connectivity index (χ2v) is 10.4. The van der Waals surface area contributed by atoms with Crippen molar-refractivity contribution in [2.75, 3.05) is 6.61 Å². The molecule has 0 aromatic heterocycles. The SMILES string of the molecule is CC(=O)OC1CCCCC1.CCCCCC1CCCCC1.CCCCOC1CCCCC1. The Morgan fingerprint density at radius 3 is 1.66 bits per heavy atom. The molecule has 3 nitrogen and oxygen atoms in total. The molecule has 0 bridgehead atoms. The normalized spacial score (nSPS) is 20.5. The highest BCUT2D eigenvalue weighted by atomic mass is 16.5. The van der Waals surface area contributed by atoms with Gasteiger partial charge in [-0.15, -0.1) is 0 Å². The van der Waals surface area contributed by atoms with Crippen molar-refractivity contribution in [3.05, 3.63) is 0 Å². The van der Waals surface area contributed by atoms with Gasteiger partial charge in [0.1, 0.15) is 6.10 Å². The molecular formula is C29H56O3. The molecule has 3 rings (SSSR count). The van der Waals surface area contributed by atoms with Gasteiger partial charge in [0.2, 0.25) is 0 Å². The molecule has 0 N–H and O–H groups in total. The number of hydrogen-bond acceptors (Lipinski definition) is 3. The van der Waals surface area contributed by atoms with Gasteiger partial charge in [0.15, 0.2) is 0 Å². The molecule has 0 heterocycles. The van der Waals surface area contributed by atoms with E-state index in [0.29, 0.717) is 6.10 Å². The van der Waals surface area contributed by atoms with Crippen LogP contribution in [-0.4, -0.2) is 24.8 Å². The molecule has 0 spiro atoms. The van der Waals surface area contributed by atoms with Crippen LogP contribution in [0.15, 0.2) is 0 Å². The fourth-order valence-electron chi connectivity index (χ4n) is 5.20. The largest absolute Gasteiger partial charge is 0.463 e. The number of rotatable bonds is 9. The zero-order valence-corrected chi connectivity index (χ0v) is 22.0. The van der Waals surface area contributed by atoms with Gasteiger partial charge in [-0.3, -0.25) is 4.79 Å². The van der Waals surface area contributed by atoms with Gasteiger partial charge >= 0.3 is 5.97 Å². The molecular weight excluding hydrogens is 396 g/mol. The van der Waals surface area contributed by atoms with Crippen LogP contribution in [0.1, 0.15) is 156 Å². The number of carbonyl (C=O) groups is 1. The molecule has 3 fully saturated rings. The summed E-state index contributed by atoms with van der Waals surface area (Å²) in [7, 11) is 0. The van der Waals surface area contributed by atoms with Crippen LogP contribution in [-0.2, 0) is 14.3 Å². The van der Waals surface area contributed by atoms with E-state index in [4.69, 9.17) is 9.47 Å². The minimum atomic E-state index is -0.132. The number of hydrogen-bond donors (Lipinski definition) is 0. The topological polar surface area (TPSA) is 35.5 Å². The Balaban J connectivity index is 0.000000240. The van der Waals surface area contributed by atoms with Crippen molar-refractivity contribution in [1.82, 2.24) is 0 Å². The van der Waals surface area contributed by atoms with Crippen LogP contribution in [0.2, 0.25) is 0 Å². The Bertz CT molecular complexity index is 381. The predicted octanol–water partition coefficient (Wildman–Crippen LogP) is 9.17. The summed E-state index contributed by atoms with van der Waals surface area (Å²) in [6, 6.07) is 0. The van der Waals surface area contributed by atoms with Gasteiger partial charge in [0.25, 0.3) is 0 Å². The Labute approximate surface area is 200 Å². The molecule has 32 heavy (non-hydrogen) atoms. The smallest absolute Gasteiger partial charge is 0.302 e. The minimum Gasteiger partial charge on any atom is -0.463 e. The molecule has 0 atom stereocenters. The summed E-state index contributed by atoms with van der Waals surface area (Å²) in [6.45, 7) is 6.97. The molecule has 0 unspecified atom stereocenters. The Morgan fingerprint density at radius 1 is 0.656 bits per heavy atom. The molecule has 0 radical (unpaired) electrons. The van der Waals surface area contributed by atoms with Crippen LogP contribution >= 0.6 is 0 Å². The maximum atomic E-state index is 10.5. The quantitative estimate of drug-likeness (QED) is 0.258. The van der Waals surface area contributed by atoms with E-state index in [1.807, 2.05) is 0 Å². The summed E-state index contributed by atoms with van der Waals surface area (Å²) < 4.78 is 10.8. The maximum absolute atomic E-state index is 10.5. The molecule has 3 heteroatoms. The van der Waals surface area contributed by atoms with Crippen molar-refractivity contribution in [3.63, 3.8) is 0 Å². The fourth-order valence-corrected chi connectivity index (χ4v) is 5.20. The van der Waals surface area contributed by atoms with Crippen LogP contribution < -0.4 is 0 Å². The molecule has 0 aliphatic heterocycles. The van der Waals surface area contributed by atoms with Crippen LogP contribution in [0.3, 0.4) is 0 Å². The van der Waals surface area contributed by atoms with Crippen LogP contribution in [0, 0.1) is 5.92 Å². The van der Waals surface area contributed by atoms with Gasteiger partial charge in [-0.05, 0) is 50.9 Å². The highest BCUT2D eigenvalue weighted by Gasteiger charge is 2.15. The van der Waals surface area contributed by atoms with Crippen LogP contribution in [0.25, 0.3) is 0 Å². The van der Waals surface area contributed by atoms with Crippen molar-refractivity contribution in [2.24, 2.45) is 5.92 Å². The van der Waals surface area contributed by atoms with Gasteiger partial charge in [-0.25, -0.2) is 0 Å². The average molecular weight is 453 g/mol. The minimum absolute atomic E-state index is 0.132. The standard InChI is InChI=1S/C11H22.C10H20O.C8H14O2/c1-2-3-5-8-11-9-6-4-7-10-11;1-2-3-9-11-10-7-5-4-6-8-10;1-7(9)10-8-5-3-2-4-6-8/h11H,2-10H2,1H3;10H,2-9H2,1H3;8H,2-6H2,1H3. The van der Waals surface area contributed by atoms with Gasteiger partial charge in [0.05, 0.1) is 6.10 Å². The van der Waals surface area contributed by atoms with Gasteiger partial charge in [-0.1, -0.05) is 104 Å². The first-order chi connectivity index (χ1) is 15.7. The monoisotopic (exact) mass is 452 g/mol. The summed E-state index contributed by atoms with van der Waals surface area (Å²) in [6.07, 6.45) is 29.5. The van der Waals surface area contributed by atoms with Crippen molar-refractivity contribution in [2.45, 2.75) is 168 Å². The van der Waals surface area contributed by atoms with Gasteiger partial charge in [-0.2, -0.15) is 0 Å². The van der Waals surface area contributed by atoms with E-state index in [1.165, 1.54) is 129 Å². The highest BCUT2D eigenvalue weighted by molar-refractivity contribution is 5.66. The van der Waals surface area contributed by atoms with E-state index in [9.17, 15) is 4.79 Å². The van der Waals surface area contributed by atoms with Crippen molar-refractivity contribution in [1.29, 1.82) is 0 Å². The molecule has 3 aliphatic rings. The summed E-state index contributed by atoms with van der Waals surface area (Å²) in [4.78, 5) is 10.5. The van der Waals surface area contributed by atoms with E-state index >= 15 is 0 Å². The molecule has 190 valence electrons. The zero-order valence-electron chi connectivity index (χ0n) is 22.0. The molecule has 0 amide bonds. The summed E-state index contributed by atoms with van der Waals surface area (Å²) >= 11 is 0. The first-order valence-electron chi connectivity index (χ1n) is 14.4. The van der Waals surface area contributed by atoms with Crippen LogP contribution in [0.4, 0.5) is 0 Å². The van der Waals surface area contributed by atoms with E-state index in [-0.39, 0.29) is 12.1 Å². The average Bonchev–Trinajstić information content (AvgIpc) is 2.82. The number of ether oxygens (including phenoxy) is 2. The van der Waals surface area contributed by atoms with Gasteiger partial charge < -0.3 is 9.47 Å². The molecule has 3 aliphatic carbocycles. The Morgan fingerprint density at radius 2 is 1.16 bits per heavy atom. The summed E-state index contributed by atoms with van der Waals surface area (Å²) in [5.74, 6) is 0.974. The van der Waals surface area contributed by atoms with Crippen molar-refractivity contribution in [3.8, 4) is 0 Å². The summed E-state index contributed by atoms with van der Waals surface area (Å²) in [5, 5.41) is 0. The third kappa shape index (κ3) is 17.0. The second-order valence-electron chi connectivity index (χ2n) is 10.4. The third-order valence-electron chi connectivity index (χ3n) is 7.23. The van der Waals surface area contributed by atoms with E-state index < -0.39 is 0 Å². The fraction of sp³-hybridized carbons (Fsp3) is 0.966. The first kappa shape index (κ1) is 29.5. The van der Waals surface area contributed by atoms with Crippen molar-refractivity contribution < 1.29 is 14.3 Å². The van der Waals surface area contributed by atoms with Gasteiger partial charge in [0, 0.05) is 13.5 Å². The lowest BCUT2D eigenvalue weighted by Crippen LogP contribution is -2.18. The molecule has 3 saturated carbocycles. The van der Waals surface area contributed by atoms with Crippen molar-refractivity contribution >= 4 is 5.97 Å². The number of carbonyl (C=O) groups excluding carboxylic acids is 1. The van der Waals surface area contributed by atoms with E-state index in [2.05, 4.69) is 13.8 Å². The molecule has 0 saturated heterocycles. The Hall–Kier alpha value is -0.570. The Kier molecular flexibility index (Phi) is 19.3. The highest BCUT2D eigenvalue weighted by Crippen LogP contribution is 2.27. The van der Waals surface area contributed by atoms with Crippen LogP contribution in [0.5, 0.6) is 0 Å². The predicted molar refractivity (Wildman–Crippen MR) is 137 cm³/mol. The lowest BCUT2D eigenvalue weighted by atomic mass is 9.86. The molecule has 0 aromatic carbocycles. The lowest BCUT2D eigenvalue weighted by molar-refractivity contribution is -0.147. The third-order valence-corrected chi connectivity index (χ3v) is 7.23. The van der Waals surface area contributed by atoms with E-state index in [1.54, 1.807) is 0 Å². The first-order valence-corrected chi connectivity index (χ1v) is 14.4. The maximum Gasteiger partial charge on any atom is 0.302 e. The number of esters is 1. The number of unbranched alkanes of at least 4 members (excludes halogenated alkanes) is 3. The zero-order chi connectivity index (χ0) is 23.3. The molecule has 0 aromatic rings.